The second kappa shape index (κ2) is 7.07. The zero-order valence-corrected chi connectivity index (χ0v) is 12.9. The number of nitrogens with two attached hydrogens (primary N) is 1. The Kier molecular flexibility index (Phi) is 5.40. The third-order valence-electron chi connectivity index (χ3n) is 4.18. The van der Waals surface area contributed by atoms with Crippen LogP contribution in [0.4, 0.5) is 0 Å². The predicted octanol–water partition coefficient (Wildman–Crippen LogP) is 1.68. The zero-order valence-electron chi connectivity index (χ0n) is 12.9. The van der Waals surface area contributed by atoms with Gasteiger partial charge in [-0.1, -0.05) is 6.07 Å². The van der Waals surface area contributed by atoms with Crippen molar-refractivity contribution in [1.82, 2.24) is 9.80 Å². The highest BCUT2D eigenvalue weighted by Crippen LogP contribution is 2.22. The third kappa shape index (κ3) is 3.72. The number of rotatable bonds is 5. The average molecular weight is 277 g/mol. The molecule has 0 bridgehead atoms. The van der Waals surface area contributed by atoms with Gasteiger partial charge in [0.25, 0.3) is 0 Å². The Bertz CT molecular complexity index is 434. The molecule has 0 amide bonds. The van der Waals surface area contributed by atoms with Crippen molar-refractivity contribution < 1.29 is 4.74 Å². The highest BCUT2D eigenvalue weighted by molar-refractivity contribution is 5.37. The Balaban J connectivity index is 2.02. The summed E-state index contributed by atoms with van der Waals surface area (Å²) < 4.78 is 5.33. The molecule has 0 radical (unpaired) electrons. The molecule has 4 heteroatoms. The van der Waals surface area contributed by atoms with E-state index in [1.54, 1.807) is 7.11 Å². The first-order chi connectivity index (χ1) is 9.63. The topological polar surface area (TPSA) is 41.7 Å². The van der Waals surface area contributed by atoms with E-state index in [1.165, 1.54) is 24.9 Å². The minimum Gasteiger partial charge on any atom is -0.496 e. The molecular formula is C16H27N3O. The number of likely N-dealkylation sites (N-methyl/N-ethyl adjacent to an activating group) is 1. The van der Waals surface area contributed by atoms with Crippen LogP contribution in [0, 0.1) is 0 Å². The summed E-state index contributed by atoms with van der Waals surface area (Å²) in [5, 5.41) is 0. The van der Waals surface area contributed by atoms with Crippen LogP contribution in [0.5, 0.6) is 5.75 Å². The van der Waals surface area contributed by atoms with Crippen LogP contribution in [0.3, 0.4) is 0 Å². The summed E-state index contributed by atoms with van der Waals surface area (Å²) in [6.07, 6.45) is 2.59. The fourth-order valence-electron chi connectivity index (χ4n) is 2.94. The lowest BCUT2D eigenvalue weighted by atomic mass is 10.0. The van der Waals surface area contributed by atoms with Crippen LogP contribution in [0.1, 0.15) is 24.0 Å². The van der Waals surface area contributed by atoms with E-state index in [1.807, 2.05) is 6.07 Å². The number of hydrogen-bond acceptors (Lipinski definition) is 4. The van der Waals surface area contributed by atoms with E-state index in [0.29, 0.717) is 12.6 Å². The minimum absolute atomic E-state index is 0.525. The lowest BCUT2D eigenvalue weighted by Crippen LogP contribution is -2.44. The summed E-state index contributed by atoms with van der Waals surface area (Å²) in [6, 6.07) is 7.04. The molecule has 0 aliphatic carbocycles. The molecule has 20 heavy (non-hydrogen) atoms. The Hall–Kier alpha value is -1.10. The SMILES string of the molecule is COc1ccc(CN2CCCC(N(C)C)C2)cc1CN. The van der Waals surface area contributed by atoms with Gasteiger partial charge in [0.05, 0.1) is 7.11 Å². The second-order valence-corrected chi connectivity index (χ2v) is 5.85. The van der Waals surface area contributed by atoms with Gasteiger partial charge in [0.2, 0.25) is 0 Å². The molecule has 1 unspecified atom stereocenters. The molecule has 0 aromatic heterocycles. The van der Waals surface area contributed by atoms with Crippen molar-refractivity contribution in [1.29, 1.82) is 0 Å². The molecule has 0 spiro atoms. The summed E-state index contributed by atoms with van der Waals surface area (Å²) in [7, 11) is 6.04. The van der Waals surface area contributed by atoms with Crippen molar-refractivity contribution in [3.8, 4) is 5.75 Å². The van der Waals surface area contributed by atoms with Gasteiger partial charge < -0.3 is 15.4 Å². The van der Waals surface area contributed by atoms with Gasteiger partial charge >= 0.3 is 0 Å². The lowest BCUT2D eigenvalue weighted by Gasteiger charge is -2.36. The van der Waals surface area contributed by atoms with Gasteiger partial charge in [0.1, 0.15) is 5.75 Å². The molecule has 1 aliphatic rings. The van der Waals surface area contributed by atoms with Crippen molar-refractivity contribution in [2.24, 2.45) is 5.73 Å². The van der Waals surface area contributed by atoms with Crippen LogP contribution >= 0.6 is 0 Å². The monoisotopic (exact) mass is 277 g/mol. The van der Waals surface area contributed by atoms with Crippen LogP contribution in [0.15, 0.2) is 18.2 Å². The van der Waals surface area contributed by atoms with Crippen molar-refractivity contribution >= 4 is 0 Å². The van der Waals surface area contributed by atoms with Gasteiger partial charge in [-0.15, -0.1) is 0 Å². The molecule has 2 rings (SSSR count). The van der Waals surface area contributed by atoms with Crippen molar-refractivity contribution in [2.75, 3.05) is 34.3 Å². The Labute approximate surface area is 122 Å². The van der Waals surface area contributed by atoms with E-state index in [4.69, 9.17) is 10.5 Å². The van der Waals surface area contributed by atoms with Gasteiger partial charge in [-0.3, -0.25) is 4.90 Å². The van der Waals surface area contributed by atoms with E-state index in [2.05, 4.69) is 36.0 Å². The molecule has 112 valence electrons. The fourth-order valence-corrected chi connectivity index (χ4v) is 2.94. The number of likely N-dealkylation sites (tertiary alicyclic amines) is 1. The van der Waals surface area contributed by atoms with E-state index in [-0.39, 0.29) is 0 Å². The van der Waals surface area contributed by atoms with Crippen LogP contribution in [0.2, 0.25) is 0 Å². The van der Waals surface area contributed by atoms with Gasteiger partial charge in [-0.05, 0) is 51.2 Å². The predicted molar refractivity (Wildman–Crippen MR) is 82.9 cm³/mol. The molecule has 0 saturated carbocycles. The van der Waals surface area contributed by atoms with Crippen LogP contribution in [-0.4, -0.2) is 50.1 Å². The Morgan fingerprint density at radius 3 is 2.85 bits per heavy atom. The van der Waals surface area contributed by atoms with Gasteiger partial charge in [0.15, 0.2) is 0 Å². The molecule has 1 saturated heterocycles. The number of hydrogen-bond donors (Lipinski definition) is 1. The van der Waals surface area contributed by atoms with Crippen LogP contribution in [-0.2, 0) is 13.1 Å². The molecule has 1 atom stereocenters. The standard InChI is InChI=1S/C16H27N3O/c1-18(2)15-5-4-8-19(12-15)11-13-6-7-16(20-3)14(9-13)10-17/h6-7,9,15H,4-5,8,10-12,17H2,1-3H3. The fraction of sp³-hybridized carbons (Fsp3) is 0.625. The molecule has 1 heterocycles. The number of benzene rings is 1. The molecule has 4 nitrogen and oxygen atoms in total. The van der Waals surface area contributed by atoms with E-state index >= 15 is 0 Å². The van der Waals surface area contributed by atoms with Crippen molar-refractivity contribution in [3.63, 3.8) is 0 Å². The van der Waals surface area contributed by atoms with Crippen LogP contribution in [0.25, 0.3) is 0 Å². The maximum Gasteiger partial charge on any atom is 0.123 e. The van der Waals surface area contributed by atoms with Gasteiger partial charge in [-0.25, -0.2) is 0 Å². The Morgan fingerprint density at radius 1 is 1.40 bits per heavy atom. The number of methoxy groups -OCH3 is 1. The van der Waals surface area contributed by atoms with Gasteiger partial charge in [0, 0.05) is 31.2 Å². The summed E-state index contributed by atoms with van der Waals surface area (Å²) in [6.45, 7) is 3.87. The lowest BCUT2D eigenvalue weighted by molar-refractivity contribution is 0.128. The summed E-state index contributed by atoms with van der Waals surface area (Å²) in [5.74, 6) is 0.890. The number of ether oxygens (including phenoxy) is 1. The smallest absolute Gasteiger partial charge is 0.123 e. The molecule has 2 N–H and O–H groups in total. The highest BCUT2D eigenvalue weighted by Gasteiger charge is 2.21. The van der Waals surface area contributed by atoms with Gasteiger partial charge in [-0.2, -0.15) is 0 Å². The second-order valence-electron chi connectivity index (χ2n) is 5.85. The van der Waals surface area contributed by atoms with Crippen LogP contribution < -0.4 is 10.5 Å². The minimum atomic E-state index is 0.525. The third-order valence-corrected chi connectivity index (χ3v) is 4.18. The molecule has 1 aromatic rings. The Morgan fingerprint density at radius 2 is 2.20 bits per heavy atom. The summed E-state index contributed by atoms with van der Waals surface area (Å²) >= 11 is 0. The van der Waals surface area contributed by atoms with E-state index in [0.717, 1.165) is 24.4 Å². The molecule has 1 fully saturated rings. The molecular weight excluding hydrogens is 250 g/mol. The summed E-state index contributed by atoms with van der Waals surface area (Å²) in [5.41, 5.74) is 8.20. The molecule has 1 aliphatic heterocycles. The van der Waals surface area contributed by atoms with Crippen molar-refractivity contribution in [2.45, 2.75) is 32.0 Å². The largest absolute Gasteiger partial charge is 0.496 e. The number of piperidine rings is 1. The van der Waals surface area contributed by atoms with E-state index in [9.17, 15) is 0 Å². The first kappa shape index (κ1) is 15.3. The van der Waals surface area contributed by atoms with E-state index < -0.39 is 0 Å². The molecule has 1 aromatic carbocycles. The average Bonchev–Trinajstić information content (AvgIpc) is 2.47. The number of nitrogens with zero attached hydrogens (tertiary/aromatic N) is 2. The highest BCUT2D eigenvalue weighted by atomic mass is 16.5. The van der Waals surface area contributed by atoms with Crippen molar-refractivity contribution in [3.05, 3.63) is 29.3 Å². The normalized spacial score (nSPS) is 20.4. The first-order valence-electron chi connectivity index (χ1n) is 7.38. The zero-order chi connectivity index (χ0) is 14.5. The quantitative estimate of drug-likeness (QED) is 0.889. The maximum absolute atomic E-state index is 5.79. The first-order valence-corrected chi connectivity index (χ1v) is 7.38. The maximum atomic E-state index is 5.79. The summed E-state index contributed by atoms with van der Waals surface area (Å²) in [4.78, 5) is 4.88.